The number of halogens is 1. The smallest absolute Gasteiger partial charge is 0.295 e. The lowest BCUT2D eigenvalue weighted by molar-refractivity contribution is 0.574. The molecule has 0 spiro atoms. The molecule has 0 atom stereocenters. The zero-order valence-corrected chi connectivity index (χ0v) is 14.0. The summed E-state index contributed by atoms with van der Waals surface area (Å²) in [5.41, 5.74) is 1.17. The third-order valence-corrected chi connectivity index (χ3v) is 5.36. The number of aromatic nitrogens is 2. The molecule has 1 aromatic heterocycles. The highest BCUT2D eigenvalue weighted by Crippen LogP contribution is 2.18. The van der Waals surface area contributed by atoms with Crippen molar-refractivity contribution in [1.82, 2.24) is 13.9 Å². The molecule has 2 aromatic carbocycles. The number of aryl methyl sites for hydroxylation is 2. The fourth-order valence-corrected chi connectivity index (χ4v) is 3.58. The summed E-state index contributed by atoms with van der Waals surface area (Å²) in [4.78, 5) is 11.9. The van der Waals surface area contributed by atoms with Gasteiger partial charge in [-0.2, -0.15) is 0 Å². The second-order valence-corrected chi connectivity index (χ2v) is 7.23. The summed E-state index contributed by atoms with van der Waals surface area (Å²) in [5, 5.41) is 0. The first-order valence-electron chi connectivity index (χ1n) is 7.20. The minimum atomic E-state index is -3.83. The van der Waals surface area contributed by atoms with Gasteiger partial charge in [-0.15, -0.1) is 0 Å². The van der Waals surface area contributed by atoms with Gasteiger partial charge in [-0.05, 0) is 24.3 Å². The Labute approximate surface area is 138 Å². The fraction of sp³-hybridized carbons (Fsp3) is 0.188. The predicted molar refractivity (Wildman–Crippen MR) is 88.6 cm³/mol. The van der Waals surface area contributed by atoms with Crippen LogP contribution in [0.3, 0.4) is 0 Å². The van der Waals surface area contributed by atoms with E-state index < -0.39 is 15.8 Å². The quantitative estimate of drug-likeness (QED) is 0.776. The Bertz CT molecular complexity index is 1080. The van der Waals surface area contributed by atoms with Gasteiger partial charge in [0.1, 0.15) is 5.82 Å². The van der Waals surface area contributed by atoms with Gasteiger partial charge in [-0.3, -0.25) is 9.13 Å². The molecule has 3 rings (SSSR count). The van der Waals surface area contributed by atoms with Crippen molar-refractivity contribution < 1.29 is 12.8 Å². The monoisotopic (exact) mass is 349 g/mol. The summed E-state index contributed by atoms with van der Waals surface area (Å²) < 4.78 is 43.7. The molecule has 0 aliphatic rings. The van der Waals surface area contributed by atoms with Gasteiger partial charge in [-0.1, -0.05) is 18.2 Å². The van der Waals surface area contributed by atoms with Gasteiger partial charge in [0, 0.05) is 26.2 Å². The number of hydrogen-bond acceptors (Lipinski definition) is 3. The maximum Gasteiger partial charge on any atom is 0.328 e. The molecule has 0 unspecified atom stereocenters. The highest BCUT2D eigenvalue weighted by Gasteiger charge is 2.17. The van der Waals surface area contributed by atoms with Gasteiger partial charge in [0.2, 0.25) is 10.0 Å². The topological polar surface area (TPSA) is 73.1 Å². The van der Waals surface area contributed by atoms with E-state index in [0.717, 1.165) is 0 Å². The van der Waals surface area contributed by atoms with Crippen LogP contribution in [-0.2, 0) is 30.7 Å². The minimum absolute atomic E-state index is 0.0209. The van der Waals surface area contributed by atoms with Crippen molar-refractivity contribution in [2.75, 3.05) is 0 Å². The molecule has 1 heterocycles. The maximum atomic E-state index is 13.6. The Morgan fingerprint density at radius 3 is 2.42 bits per heavy atom. The van der Waals surface area contributed by atoms with Crippen LogP contribution in [-0.4, -0.2) is 17.6 Å². The molecule has 0 fully saturated rings. The van der Waals surface area contributed by atoms with Crippen LogP contribution in [0.2, 0.25) is 0 Å². The summed E-state index contributed by atoms with van der Waals surface area (Å²) in [7, 11) is -0.631. The molecule has 0 radical (unpaired) electrons. The standard InChI is InChI=1S/C16H16FN3O3S/c1-19-14-8-7-12(9-15(14)20(2)16(19)21)24(22,23)18-10-11-5-3-4-6-13(11)17/h3-9,18H,10H2,1-2H3. The summed E-state index contributed by atoms with van der Waals surface area (Å²) in [6.07, 6.45) is 0. The Balaban J connectivity index is 1.95. The van der Waals surface area contributed by atoms with E-state index in [9.17, 15) is 17.6 Å². The molecule has 8 heteroatoms. The van der Waals surface area contributed by atoms with Crippen LogP contribution in [0.5, 0.6) is 0 Å². The second-order valence-electron chi connectivity index (χ2n) is 5.47. The van der Waals surface area contributed by atoms with E-state index in [-0.39, 0.29) is 22.7 Å². The van der Waals surface area contributed by atoms with Crippen LogP contribution in [0.1, 0.15) is 5.56 Å². The van der Waals surface area contributed by atoms with Crippen LogP contribution in [0.4, 0.5) is 4.39 Å². The van der Waals surface area contributed by atoms with E-state index in [2.05, 4.69) is 4.72 Å². The number of hydrogen-bond donors (Lipinski definition) is 1. The van der Waals surface area contributed by atoms with Crippen molar-refractivity contribution in [1.29, 1.82) is 0 Å². The lowest BCUT2D eigenvalue weighted by atomic mass is 10.2. The number of benzene rings is 2. The molecule has 0 aliphatic heterocycles. The molecular weight excluding hydrogens is 333 g/mol. The van der Waals surface area contributed by atoms with E-state index in [1.54, 1.807) is 26.2 Å². The Hall–Kier alpha value is -2.45. The molecule has 6 nitrogen and oxygen atoms in total. The van der Waals surface area contributed by atoms with Gasteiger partial charge in [0.25, 0.3) is 0 Å². The van der Waals surface area contributed by atoms with E-state index in [1.807, 2.05) is 0 Å². The average Bonchev–Trinajstić information content (AvgIpc) is 2.78. The molecule has 1 N–H and O–H groups in total. The van der Waals surface area contributed by atoms with E-state index in [1.165, 1.54) is 39.5 Å². The van der Waals surface area contributed by atoms with Gasteiger partial charge < -0.3 is 0 Å². The van der Waals surface area contributed by atoms with Crippen molar-refractivity contribution in [3.05, 3.63) is 64.3 Å². The molecule has 0 bridgehead atoms. The highest BCUT2D eigenvalue weighted by atomic mass is 32.2. The molecular formula is C16H16FN3O3S. The van der Waals surface area contributed by atoms with Crippen molar-refractivity contribution in [2.45, 2.75) is 11.4 Å². The number of rotatable bonds is 4. The fourth-order valence-electron chi connectivity index (χ4n) is 2.55. The van der Waals surface area contributed by atoms with Crippen LogP contribution in [0, 0.1) is 5.82 Å². The maximum absolute atomic E-state index is 13.6. The van der Waals surface area contributed by atoms with Crippen LogP contribution in [0.25, 0.3) is 11.0 Å². The second kappa shape index (κ2) is 5.88. The van der Waals surface area contributed by atoms with Crippen LogP contribution < -0.4 is 10.4 Å². The Morgan fingerprint density at radius 1 is 1.04 bits per heavy atom. The largest absolute Gasteiger partial charge is 0.328 e. The predicted octanol–water partition coefficient (Wildman–Crippen LogP) is 1.49. The Kier molecular flexibility index (Phi) is 4.02. The van der Waals surface area contributed by atoms with Crippen LogP contribution in [0.15, 0.2) is 52.2 Å². The third-order valence-electron chi connectivity index (χ3n) is 3.96. The third kappa shape index (κ3) is 2.74. The minimum Gasteiger partial charge on any atom is -0.295 e. The van der Waals surface area contributed by atoms with Crippen molar-refractivity contribution in [3.63, 3.8) is 0 Å². The Morgan fingerprint density at radius 2 is 1.71 bits per heavy atom. The molecule has 24 heavy (non-hydrogen) atoms. The summed E-state index contributed by atoms with van der Waals surface area (Å²) in [6, 6.07) is 10.4. The van der Waals surface area contributed by atoms with Crippen molar-refractivity contribution in [3.8, 4) is 0 Å². The van der Waals surface area contributed by atoms with E-state index in [0.29, 0.717) is 11.0 Å². The van der Waals surface area contributed by atoms with Gasteiger partial charge in [-0.25, -0.2) is 22.3 Å². The average molecular weight is 349 g/mol. The van der Waals surface area contributed by atoms with Gasteiger partial charge in [0.15, 0.2) is 0 Å². The summed E-state index contributed by atoms with van der Waals surface area (Å²) in [6.45, 7) is -0.152. The molecule has 0 amide bonds. The molecule has 126 valence electrons. The summed E-state index contributed by atoms with van der Waals surface area (Å²) >= 11 is 0. The molecule has 3 aromatic rings. The first kappa shape index (κ1) is 16.4. The van der Waals surface area contributed by atoms with E-state index in [4.69, 9.17) is 0 Å². The van der Waals surface area contributed by atoms with Crippen molar-refractivity contribution in [2.24, 2.45) is 14.1 Å². The highest BCUT2D eigenvalue weighted by molar-refractivity contribution is 7.89. The van der Waals surface area contributed by atoms with Crippen molar-refractivity contribution >= 4 is 21.1 Å². The SMILES string of the molecule is Cn1c(=O)n(C)c2cc(S(=O)(=O)NCc3ccccc3F)ccc21. The first-order chi connectivity index (χ1) is 11.3. The number of imidazole rings is 1. The summed E-state index contributed by atoms with van der Waals surface area (Å²) in [5.74, 6) is -0.471. The number of nitrogens with one attached hydrogen (secondary N) is 1. The zero-order valence-electron chi connectivity index (χ0n) is 13.2. The lowest BCUT2D eigenvalue weighted by Crippen LogP contribution is -2.23. The number of fused-ring (bicyclic) bond motifs is 1. The normalized spacial score (nSPS) is 12.0. The van der Waals surface area contributed by atoms with Gasteiger partial charge in [0.05, 0.1) is 15.9 Å². The van der Waals surface area contributed by atoms with Gasteiger partial charge >= 0.3 is 5.69 Å². The lowest BCUT2D eigenvalue weighted by Gasteiger charge is -2.08. The van der Waals surface area contributed by atoms with Crippen LogP contribution >= 0.6 is 0 Å². The molecule has 0 saturated carbocycles. The number of nitrogens with zero attached hydrogens (tertiary/aromatic N) is 2. The molecule has 0 aliphatic carbocycles. The van der Waals surface area contributed by atoms with E-state index >= 15 is 0 Å². The zero-order chi connectivity index (χ0) is 17.5. The molecule has 0 saturated heterocycles. The number of sulfonamides is 1. The first-order valence-corrected chi connectivity index (χ1v) is 8.68.